The van der Waals surface area contributed by atoms with Gasteiger partial charge in [-0.1, -0.05) is 0 Å². The van der Waals surface area contributed by atoms with Crippen LogP contribution in [-0.2, 0) is 9.53 Å². The van der Waals surface area contributed by atoms with Gasteiger partial charge in [-0.05, 0) is 20.3 Å². The molecule has 76 valence electrons. The molecule has 0 aromatic carbocycles. The van der Waals surface area contributed by atoms with Crippen LogP contribution in [0.2, 0.25) is 0 Å². The average Bonchev–Trinajstić information content (AvgIpc) is 2.47. The molecule has 0 spiro atoms. The van der Waals surface area contributed by atoms with Gasteiger partial charge in [-0.15, -0.1) is 0 Å². The van der Waals surface area contributed by atoms with Gasteiger partial charge in [-0.2, -0.15) is 0 Å². The van der Waals surface area contributed by atoms with Gasteiger partial charge in [-0.3, -0.25) is 4.79 Å². The Morgan fingerprint density at radius 2 is 2.38 bits per heavy atom. The summed E-state index contributed by atoms with van der Waals surface area (Å²) in [4.78, 5) is 13.2. The van der Waals surface area contributed by atoms with Gasteiger partial charge in [0.05, 0.1) is 6.10 Å². The second kappa shape index (κ2) is 4.58. The van der Waals surface area contributed by atoms with Crippen molar-refractivity contribution in [1.82, 2.24) is 4.90 Å². The lowest BCUT2D eigenvalue weighted by Crippen LogP contribution is -2.35. The summed E-state index contributed by atoms with van der Waals surface area (Å²) in [5.41, 5.74) is 5.68. The monoisotopic (exact) mass is 186 g/mol. The van der Waals surface area contributed by atoms with Gasteiger partial charge < -0.3 is 15.4 Å². The van der Waals surface area contributed by atoms with Crippen molar-refractivity contribution in [3.63, 3.8) is 0 Å². The normalized spacial score (nSPS) is 22.8. The summed E-state index contributed by atoms with van der Waals surface area (Å²) in [6.07, 6.45) is 1.02. The van der Waals surface area contributed by atoms with E-state index in [1.54, 1.807) is 4.90 Å². The molecule has 1 atom stereocenters. The highest BCUT2D eigenvalue weighted by molar-refractivity contribution is 5.77. The third-order valence-corrected chi connectivity index (χ3v) is 2.12. The Labute approximate surface area is 79.0 Å². The third kappa shape index (κ3) is 3.32. The Balaban J connectivity index is 2.24. The molecule has 1 fully saturated rings. The van der Waals surface area contributed by atoms with Gasteiger partial charge in [0.2, 0.25) is 5.91 Å². The van der Waals surface area contributed by atoms with Crippen LogP contribution in [0.3, 0.4) is 0 Å². The van der Waals surface area contributed by atoms with E-state index in [9.17, 15) is 4.79 Å². The topological polar surface area (TPSA) is 55.6 Å². The number of carbonyl (C=O) groups is 1. The Morgan fingerprint density at radius 3 is 2.85 bits per heavy atom. The molecule has 4 heteroatoms. The van der Waals surface area contributed by atoms with Crippen LogP contribution in [0.15, 0.2) is 0 Å². The van der Waals surface area contributed by atoms with Crippen LogP contribution in [0.4, 0.5) is 0 Å². The van der Waals surface area contributed by atoms with E-state index in [0.717, 1.165) is 13.0 Å². The first-order chi connectivity index (χ1) is 6.09. The van der Waals surface area contributed by atoms with Crippen LogP contribution in [0.25, 0.3) is 0 Å². The summed E-state index contributed by atoms with van der Waals surface area (Å²) in [5, 5.41) is 0. The van der Waals surface area contributed by atoms with E-state index in [2.05, 4.69) is 0 Å². The van der Waals surface area contributed by atoms with E-state index >= 15 is 0 Å². The second-order valence-corrected chi connectivity index (χ2v) is 3.75. The lowest BCUT2D eigenvalue weighted by atomic mass is 10.3. The summed E-state index contributed by atoms with van der Waals surface area (Å²) >= 11 is 0. The first kappa shape index (κ1) is 10.5. The van der Waals surface area contributed by atoms with Crippen molar-refractivity contribution in [1.29, 1.82) is 0 Å². The van der Waals surface area contributed by atoms with E-state index in [1.165, 1.54) is 0 Å². The maximum atomic E-state index is 11.4. The van der Waals surface area contributed by atoms with Crippen LogP contribution < -0.4 is 5.73 Å². The zero-order valence-corrected chi connectivity index (χ0v) is 8.32. The van der Waals surface area contributed by atoms with Crippen molar-refractivity contribution in [2.75, 3.05) is 19.7 Å². The van der Waals surface area contributed by atoms with Crippen molar-refractivity contribution in [3.8, 4) is 0 Å². The molecular weight excluding hydrogens is 168 g/mol. The van der Waals surface area contributed by atoms with Crippen LogP contribution >= 0.6 is 0 Å². The van der Waals surface area contributed by atoms with Gasteiger partial charge in [0.15, 0.2) is 0 Å². The Hall–Kier alpha value is -0.610. The highest BCUT2D eigenvalue weighted by Gasteiger charge is 2.23. The van der Waals surface area contributed by atoms with E-state index in [0.29, 0.717) is 6.54 Å². The summed E-state index contributed by atoms with van der Waals surface area (Å²) in [6, 6.07) is 0.156. The van der Waals surface area contributed by atoms with Crippen molar-refractivity contribution < 1.29 is 9.53 Å². The second-order valence-electron chi connectivity index (χ2n) is 3.75. The summed E-state index contributed by atoms with van der Waals surface area (Å²) in [6.45, 7) is 5.48. The predicted molar refractivity (Wildman–Crippen MR) is 50.3 cm³/mol. The molecule has 0 aromatic rings. The number of likely N-dealkylation sites (tertiary alicyclic amines) is 1. The molecular formula is C9H18N2O2. The Kier molecular flexibility index (Phi) is 3.69. The standard InChI is InChI=1S/C9H18N2O2/c1-7(2)13-6-9(12)11-4-3-8(10)5-11/h7-8H,3-6,10H2,1-2H3. The fourth-order valence-corrected chi connectivity index (χ4v) is 1.34. The van der Waals surface area contributed by atoms with Crippen molar-refractivity contribution >= 4 is 5.91 Å². The molecule has 1 amide bonds. The quantitative estimate of drug-likeness (QED) is 0.673. The molecule has 0 radical (unpaired) electrons. The fraction of sp³-hybridized carbons (Fsp3) is 0.889. The number of ether oxygens (including phenoxy) is 1. The average molecular weight is 186 g/mol. The highest BCUT2D eigenvalue weighted by atomic mass is 16.5. The number of amides is 1. The van der Waals surface area contributed by atoms with Crippen LogP contribution in [0.1, 0.15) is 20.3 Å². The number of hydrogen-bond acceptors (Lipinski definition) is 3. The molecule has 2 N–H and O–H groups in total. The zero-order valence-electron chi connectivity index (χ0n) is 8.32. The van der Waals surface area contributed by atoms with Crippen molar-refractivity contribution in [2.45, 2.75) is 32.4 Å². The first-order valence-corrected chi connectivity index (χ1v) is 4.74. The molecule has 0 saturated carbocycles. The largest absolute Gasteiger partial charge is 0.369 e. The lowest BCUT2D eigenvalue weighted by molar-refractivity contribution is -0.136. The molecule has 0 aliphatic carbocycles. The van der Waals surface area contributed by atoms with Gasteiger partial charge >= 0.3 is 0 Å². The van der Waals surface area contributed by atoms with Crippen LogP contribution in [0, 0.1) is 0 Å². The number of nitrogens with zero attached hydrogens (tertiary/aromatic N) is 1. The van der Waals surface area contributed by atoms with Crippen LogP contribution in [-0.4, -0.2) is 42.6 Å². The number of rotatable bonds is 3. The molecule has 1 aliphatic rings. The number of nitrogens with two attached hydrogens (primary N) is 1. The summed E-state index contributed by atoms with van der Waals surface area (Å²) < 4.78 is 5.22. The molecule has 0 bridgehead atoms. The molecule has 1 aliphatic heterocycles. The zero-order chi connectivity index (χ0) is 9.84. The smallest absolute Gasteiger partial charge is 0.248 e. The minimum Gasteiger partial charge on any atom is -0.369 e. The van der Waals surface area contributed by atoms with Gasteiger partial charge in [0, 0.05) is 19.1 Å². The van der Waals surface area contributed by atoms with E-state index in [1.807, 2.05) is 13.8 Å². The van der Waals surface area contributed by atoms with E-state index in [-0.39, 0.29) is 24.7 Å². The minimum atomic E-state index is 0.0571. The predicted octanol–water partition coefficient (Wildman–Crippen LogP) is -0.0290. The third-order valence-electron chi connectivity index (χ3n) is 2.12. The first-order valence-electron chi connectivity index (χ1n) is 4.74. The fourth-order valence-electron chi connectivity index (χ4n) is 1.34. The lowest BCUT2D eigenvalue weighted by Gasteiger charge is -2.16. The minimum absolute atomic E-state index is 0.0571. The molecule has 1 heterocycles. The Morgan fingerprint density at radius 1 is 1.69 bits per heavy atom. The molecule has 0 aromatic heterocycles. The maximum Gasteiger partial charge on any atom is 0.248 e. The molecule has 4 nitrogen and oxygen atoms in total. The highest BCUT2D eigenvalue weighted by Crippen LogP contribution is 2.07. The van der Waals surface area contributed by atoms with E-state index in [4.69, 9.17) is 10.5 Å². The maximum absolute atomic E-state index is 11.4. The molecule has 13 heavy (non-hydrogen) atoms. The summed E-state index contributed by atoms with van der Waals surface area (Å²) in [7, 11) is 0. The molecule has 1 saturated heterocycles. The van der Waals surface area contributed by atoms with Gasteiger partial charge in [0.25, 0.3) is 0 Å². The van der Waals surface area contributed by atoms with Crippen LogP contribution in [0.5, 0.6) is 0 Å². The Bertz CT molecular complexity index is 182. The molecule has 1 rings (SSSR count). The molecule has 1 unspecified atom stereocenters. The van der Waals surface area contributed by atoms with Crippen molar-refractivity contribution in [3.05, 3.63) is 0 Å². The number of carbonyl (C=O) groups excluding carboxylic acids is 1. The van der Waals surface area contributed by atoms with Gasteiger partial charge in [0.1, 0.15) is 6.61 Å². The van der Waals surface area contributed by atoms with E-state index < -0.39 is 0 Å². The van der Waals surface area contributed by atoms with Crippen molar-refractivity contribution in [2.24, 2.45) is 5.73 Å². The number of hydrogen-bond donors (Lipinski definition) is 1. The van der Waals surface area contributed by atoms with Gasteiger partial charge in [-0.25, -0.2) is 0 Å². The summed E-state index contributed by atoms with van der Waals surface area (Å²) in [5.74, 6) is 0.0571. The SMILES string of the molecule is CC(C)OCC(=O)N1CCC(N)C1.